The molecule has 2 heteroatoms. The van der Waals surface area contributed by atoms with Gasteiger partial charge in [0.25, 0.3) is 0 Å². The Bertz CT molecular complexity index is 256. The summed E-state index contributed by atoms with van der Waals surface area (Å²) in [5.74, 6) is 0.815. The molecular formula is C10H16BaO. The van der Waals surface area contributed by atoms with E-state index in [9.17, 15) is 5.11 Å². The van der Waals surface area contributed by atoms with E-state index in [0.29, 0.717) is 11.7 Å². The molecule has 1 rings (SSSR count). The van der Waals surface area contributed by atoms with Gasteiger partial charge >= 0.3 is 48.9 Å². The van der Waals surface area contributed by atoms with E-state index in [1.165, 1.54) is 0 Å². The number of phenols is 1. The summed E-state index contributed by atoms with van der Waals surface area (Å²) in [7, 11) is 0. The van der Waals surface area contributed by atoms with Gasteiger partial charge < -0.3 is 5.11 Å². The van der Waals surface area contributed by atoms with E-state index in [1.54, 1.807) is 6.07 Å². The molecule has 0 amide bonds. The second kappa shape index (κ2) is 5.35. The molecule has 64 valence electrons. The quantitative estimate of drug-likeness (QED) is 0.783. The van der Waals surface area contributed by atoms with Crippen LogP contribution in [0, 0.1) is 6.92 Å². The van der Waals surface area contributed by atoms with Gasteiger partial charge in [0.1, 0.15) is 5.75 Å². The van der Waals surface area contributed by atoms with Crippen LogP contribution in [0.3, 0.4) is 0 Å². The summed E-state index contributed by atoms with van der Waals surface area (Å²) in [6, 6.07) is 5.81. The summed E-state index contributed by atoms with van der Waals surface area (Å²) in [6.07, 6.45) is 0. The number of hydrogen-bond donors (Lipinski definition) is 1. The normalized spacial score (nSPS) is 9.67. The Kier molecular flexibility index (Phi) is 5.61. The molecule has 0 atom stereocenters. The molecule has 1 aromatic rings. The average Bonchev–Trinajstić information content (AvgIpc) is 1.85. The number of rotatable bonds is 1. The van der Waals surface area contributed by atoms with E-state index in [4.69, 9.17) is 0 Å². The number of phenolic OH excluding ortho intramolecular Hbond substituents is 1. The first kappa shape index (κ1) is 12.6. The fraction of sp³-hybridized carbons (Fsp3) is 0.400. The molecule has 0 aliphatic rings. The van der Waals surface area contributed by atoms with Crippen molar-refractivity contribution in [3.8, 4) is 5.75 Å². The standard InChI is InChI=1S/C10H14O.Ba.2H/c1-7(2)9-5-4-8(3)6-10(9)11;;;/h4-7,11H,1-3H3;;;. The zero-order chi connectivity index (χ0) is 8.43. The third-order valence-electron chi connectivity index (χ3n) is 1.81. The van der Waals surface area contributed by atoms with Gasteiger partial charge in [-0.15, -0.1) is 0 Å². The molecule has 1 aromatic carbocycles. The van der Waals surface area contributed by atoms with Crippen LogP contribution in [0.15, 0.2) is 18.2 Å². The summed E-state index contributed by atoms with van der Waals surface area (Å²) in [5, 5.41) is 9.46. The molecule has 0 bridgehead atoms. The van der Waals surface area contributed by atoms with Crippen LogP contribution in [-0.2, 0) is 0 Å². The number of aromatic hydroxyl groups is 1. The van der Waals surface area contributed by atoms with Crippen LogP contribution in [0.5, 0.6) is 5.75 Å². The fourth-order valence-corrected chi connectivity index (χ4v) is 1.14. The van der Waals surface area contributed by atoms with Crippen LogP contribution in [-0.4, -0.2) is 54.0 Å². The maximum absolute atomic E-state index is 9.46. The van der Waals surface area contributed by atoms with Crippen molar-refractivity contribution in [2.24, 2.45) is 0 Å². The van der Waals surface area contributed by atoms with E-state index in [1.807, 2.05) is 19.1 Å². The molecule has 0 fully saturated rings. The Balaban J connectivity index is 0.00000121. The van der Waals surface area contributed by atoms with E-state index in [-0.39, 0.29) is 48.9 Å². The van der Waals surface area contributed by atoms with Gasteiger partial charge in [-0.3, -0.25) is 0 Å². The van der Waals surface area contributed by atoms with Crippen molar-refractivity contribution in [1.82, 2.24) is 0 Å². The topological polar surface area (TPSA) is 20.2 Å². The van der Waals surface area contributed by atoms with Crippen LogP contribution in [0.4, 0.5) is 0 Å². The molecule has 0 unspecified atom stereocenters. The van der Waals surface area contributed by atoms with Gasteiger partial charge in [0.05, 0.1) is 0 Å². The summed E-state index contributed by atoms with van der Waals surface area (Å²) in [5.41, 5.74) is 2.13. The molecule has 12 heavy (non-hydrogen) atoms. The van der Waals surface area contributed by atoms with Gasteiger partial charge in [-0.1, -0.05) is 26.0 Å². The summed E-state index contributed by atoms with van der Waals surface area (Å²) in [6.45, 7) is 6.12. The molecule has 0 spiro atoms. The molecule has 0 aromatic heterocycles. The molecule has 0 heterocycles. The van der Waals surface area contributed by atoms with Gasteiger partial charge in [-0.05, 0) is 30.0 Å². The Hall–Kier alpha value is 0.591. The van der Waals surface area contributed by atoms with Crippen LogP contribution in [0.1, 0.15) is 30.9 Å². The van der Waals surface area contributed by atoms with Gasteiger partial charge in [0, 0.05) is 0 Å². The van der Waals surface area contributed by atoms with Crippen molar-refractivity contribution < 1.29 is 5.11 Å². The number of benzene rings is 1. The van der Waals surface area contributed by atoms with E-state index in [0.717, 1.165) is 11.1 Å². The monoisotopic (exact) mass is 290 g/mol. The predicted molar refractivity (Wildman–Crippen MR) is 55.5 cm³/mol. The Morgan fingerprint density at radius 1 is 1.25 bits per heavy atom. The van der Waals surface area contributed by atoms with Crippen molar-refractivity contribution in [2.45, 2.75) is 26.7 Å². The molecule has 1 N–H and O–H groups in total. The van der Waals surface area contributed by atoms with Crippen molar-refractivity contribution in [1.29, 1.82) is 0 Å². The molecule has 0 aliphatic carbocycles. The SMILES string of the molecule is Cc1ccc(C(C)C)c(O)c1.[BaH2]. The molecule has 0 saturated heterocycles. The zero-order valence-corrected chi connectivity index (χ0v) is 7.26. The second-order valence-electron chi connectivity index (χ2n) is 3.22. The molecule has 0 radical (unpaired) electrons. The fourth-order valence-electron chi connectivity index (χ4n) is 1.14. The van der Waals surface area contributed by atoms with E-state index >= 15 is 0 Å². The van der Waals surface area contributed by atoms with Gasteiger partial charge in [-0.25, -0.2) is 0 Å². The molecule has 0 aliphatic heterocycles. The summed E-state index contributed by atoms with van der Waals surface area (Å²) < 4.78 is 0. The summed E-state index contributed by atoms with van der Waals surface area (Å²) in [4.78, 5) is 0. The zero-order valence-electron chi connectivity index (χ0n) is 7.26. The van der Waals surface area contributed by atoms with Crippen LogP contribution in [0.2, 0.25) is 0 Å². The van der Waals surface area contributed by atoms with Gasteiger partial charge in [-0.2, -0.15) is 0 Å². The first-order valence-corrected chi connectivity index (χ1v) is 3.91. The minimum absolute atomic E-state index is 0. The minimum atomic E-state index is 0. The third kappa shape index (κ3) is 3.15. The van der Waals surface area contributed by atoms with Gasteiger partial charge in [0.15, 0.2) is 0 Å². The second-order valence-corrected chi connectivity index (χ2v) is 3.22. The van der Waals surface area contributed by atoms with E-state index in [2.05, 4.69) is 13.8 Å². The Labute approximate surface area is 114 Å². The molecule has 0 saturated carbocycles. The van der Waals surface area contributed by atoms with Crippen molar-refractivity contribution in [2.75, 3.05) is 0 Å². The Morgan fingerprint density at radius 3 is 2.25 bits per heavy atom. The molecular weight excluding hydrogens is 273 g/mol. The summed E-state index contributed by atoms with van der Waals surface area (Å²) >= 11 is 0. The number of aryl methyl sites for hydroxylation is 1. The third-order valence-corrected chi connectivity index (χ3v) is 1.81. The first-order chi connectivity index (χ1) is 5.11. The van der Waals surface area contributed by atoms with Crippen LogP contribution < -0.4 is 0 Å². The average molecular weight is 290 g/mol. The van der Waals surface area contributed by atoms with Crippen molar-refractivity contribution >= 4 is 48.9 Å². The van der Waals surface area contributed by atoms with Crippen LogP contribution >= 0.6 is 0 Å². The predicted octanol–water partition coefficient (Wildman–Crippen LogP) is 1.91. The first-order valence-electron chi connectivity index (χ1n) is 3.91. The number of hydrogen-bond acceptors (Lipinski definition) is 1. The molecule has 1 nitrogen and oxygen atoms in total. The van der Waals surface area contributed by atoms with E-state index < -0.39 is 0 Å². The van der Waals surface area contributed by atoms with Crippen LogP contribution in [0.25, 0.3) is 0 Å². The van der Waals surface area contributed by atoms with Gasteiger partial charge in [0.2, 0.25) is 0 Å². The maximum atomic E-state index is 9.46. The Morgan fingerprint density at radius 2 is 1.83 bits per heavy atom. The van der Waals surface area contributed by atoms with Crippen molar-refractivity contribution in [3.05, 3.63) is 29.3 Å². The van der Waals surface area contributed by atoms with Crippen molar-refractivity contribution in [3.63, 3.8) is 0 Å².